The van der Waals surface area contributed by atoms with Gasteiger partial charge in [0.25, 0.3) is 0 Å². The molecule has 0 bridgehead atoms. The van der Waals surface area contributed by atoms with Crippen molar-refractivity contribution in [2.75, 3.05) is 26.8 Å². The third-order valence-corrected chi connectivity index (χ3v) is 6.28. The number of thiophene rings is 1. The predicted molar refractivity (Wildman–Crippen MR) is 93.2 cm³/mol. The summed E-state index contributed by atoms with van der Waals surface area (Å²) in [4.78, 5) is 4.03. The summed E-state index contributed by atoms with van der Waals surface area (Å²) in [6, 6.07) is 10.7. The summed E-state index contributed by atoms with van der Waals surface area (Å²) in [5.41, 5.74) is 2.87. The van der Waals surface area contributed by atoms with E-state index in [-0.39, 0.29) is 5.60 Å². The van der Waals surface area contributed by atoms with Crippen molar-refractivity contribution in [1.29, 1.82) is 0 Å². The fraction of sp³-hybridized carbons (Fsp3) is 0.474. The maximum absolute atomic E-state index is 6.29. The number of benzene rings is 1. The Morgan fingerprint density at radius 1 is 1.17 bits per heavy atom. The van der Waals surface area contributed by atoms with Crippen LogP contribution in [0.4, 0.5) is 0 Å². The third-order valence-electron chi connectivity index (χ3n) is 5.14. The maximum Gasteiger partial charge on any atom is 0.118 e. The molecule has 1 aromatic carbocycles. The van der Waals surface area contributed by atoms with Crippen LogP contribution in [0, 0.1) is 0 Å². The molecule has 4 heteroatoms. The van der Waals surface area contributed by atoms with Gasteiger partial charge in [-0.05, 0) is 54.0 Å². The van der Waals surface area contributed by atoms with Gasteiger partial charge in [0.15, 0.2) is 0 Å². The number of nitrogens with zero attached hydrogens (tertiary/aromatic N) is 1. The van der Waals surface area contributed by atoms with Crippen LogP contribution >= 0.6 is 11.3 Å². The Bertz CT molecular complexity index is 656. The number of likely N-dealkylation sites (tertiary alicyclic amines) is 1. The highest BCUT2D eigenvalue weighted by atomic mass is 32.1. The van der Waals surface area contributed by atoms with Gasteiger partial charge in [0.1, 0.15) is 11.4 Å². The first-order valence-corrected chi connectivity index (χ1v) is 9.23. The molecular formula is C19H23NO2S. The molecule has 1 aromatic heterocycles. The van der Waals surface area contributed by atoms with E-state index in [1.165, 1.54) is 16.0 Å². The molecule has 2 aliphatic rings. The largest absolute Gasteiger partial charge is 0.497 e. The van der Waals surface area contributed by atoms with E-state index in [4.69, 9.17) is 9.47 Å². The second-order valence-electron chi connectivity index (χ2n) is 6.49. The van der Waals surface area contributed by atoms with Crippen molar-refractivity contribution < 1.29 is 9.47 Å². The number of fused-ring (bicyclic) bond motifs is 2. The molecule has 0 unspecified atom stereocenters. The molecule has 0 atom stereocenters. The topological polar surface area (TPSA) is 21.7 Å². The Morgan fingerprint density at radius 2 is 1.96 bits per heavy atom. The molecule has 3 heterocycles. The van der Waals surface area contributed by atoms with E-state index in [1.54, 1.807) is 7.11 Å². The van der Waals surface area contributed by atoms with E-state index < -0.39 is 0 Å². The summed E-state index contributed by atoms with van der Waals surface area (Å²) in [6.07, 6.45) is 3.30. The molecule has 0 aliphatic carbocycles. The van der Waals surface area contributed by atoms with Crippen molar-refractivity contribution in [2.45, 2.75) is 31.4 Å². The minimum atomic E-state index is -0.00183. The molecule has 23 heavy (non-hydrogen) atoms. The van der Waals surface area contributed by atoms with Gasteiger partial charge in [-0.2, -0.15) is 0 Å². The van der Waals surface area contributed by atoms with Crippen molar-refractivity contribution in [3.8, 4) is 5.75 Å². The van der Waals surface area contributed by atoms with Gasteiger partial charge < -0.3 is 9.47 Å². The fourth-order valence-electron chi connectivity index (χ4n) is 3.79. The van der Waals surface area contributed by atoms with Crippen LogP contribution in [-0.4, -0.2) is 31.7 Å². The van der Waals surface area contributed by atoms with Crippen LogP contribution in [0.25, 0.3) is 0 Å². The first kappa shape index (κ1) is 15.2. The normalized spacial score (nSPS) is 20.4. The third kappa shape index (κ3) is 2.91. The summed E-state index contributed by atoms with van der Waals surface area (Å²) >= 11 is 1.88. The van der Waals surface area contributed by atoms with Crippen molar-refractivity contribution in [3.63, 3.8) is 0 Å². The molecule has 0 radical (unpaired) electrons. The van der Waals surface area contributed by atoms with Crippen LogP contribution in [0.3, 0.4) is 0 Å². The Balaban J connectivity index is 1.41. The van der Waals surface area contributed by atoms with Crippen molar-refractivity contribution in [3.05, 3.63) is 51.7 Å². The van der Waals surface area contributed by atoms with Gasteiger partial charge in [-0.1, -0.05) is 12.1 Å². The van der Waals surface area contributed by atoms with Crippen LogP contribution in [0.15, 0.2) is 35.7 Å². The number of hydrogen-bond acceptors (Lipinski definition) is 4. The number of hydrogen-bond donors (Lipinski definition) is 0. The molecule has 2 aliphatic heterocycles. The summed E-state index contributed by atoms with van der Waals surface area (Å²) in [5, 5.41) is 2.23. The zero-order chi connectivity index (χ0) is 15.7. The average Bonchev–Trinajstić information content (AvgIpc) is 3.08. The molecule has 1 spiro atoms. The maximum atomic E-state index is 6.29. The van der Waals surface area contributed by atoms with Gasteiger partial charge in [0.2, 0.25) is 0 Å². The van der Waals surface area contributed by atoms with Crippen LogP contribution in [0.1, 0.15) is 28.8 Å². The van der Waals surface area contributed by atoms with E-state index in [9.17, 15) is 0 Å². The molecule has 1 saturated heterocycles. The lowest BCUT2D eigenvalue weighted by Crippen LogP contribution is -2.45. The van der Waals surface area contributed by atoms with Crippen LogP contribution in [0.2, 0.25) is 0 Å². The molecule has 122 valence electrons. The molecular weight excluding hydrogens is 306 g/mol. The first-order valence-electron chi connectivity index (χ1n) is 8.35. The molecule has 0 amide bonds. The van der Waals surface area contributed by atoms with Gasteiger partial charge in [0, 0.05) is 24.5 Å². The summed E-state index contributed by atoms with van der Waals surface area (Å²) in [7, 11) is 1.71. The highest BCUT2D eigenvalue weighted by molar-refractivity contribution is 7.10. The lowest BCUT2D eigenvalue weighted by Gasteiger charge is -2.43. The zero-order valence-corrected chi connectivity index (χ0v) is 14.4. The fourth-order valence-corrected chi connectivity index (χ4v) is 4.95. The van der Waals surface area contributed by atoms with Gasteiger partial charge in [-0.25, -0.2) is 0 Å². The molecule has 0 saturated carbocycles. The Kier molecular flexibility index (Phi) is 4.14. The molecule has 4 rings (SSSR count). The number of piperidine rings is 1. The lowest BCUT2D eigenvalue weighted by molar-refractivity contribution is -0.0960. The van der Waals surface area contributed by atoms with Gasteiger partial charge in [0.05, 0.1) is 13.7 Å². The first-order chi connectivity index (χ1) is 11.3. The highest BCUT2D eigenvalue weighted by Crippen LogP contribution is 2.44. The number of ether oxygens (including phenoxy) is 2. The summed E-state index contributed by atoms with van der Waals surface area (Å²) < 4.78 is 11.5. The molecule has 2 aromatic rings. The second-order valence-corrected chi connectivity index (χ2v) is 7.41. The average molecular weight is 329 g/mol. The van der Waals surface area contributed by atoms with Crippen molar-refractivity contribution in [2.24, 2.45) is 0 Å². The van der Waals surface area contributed by atoms with Gasteiger partial charge in [-0.3, -0.25) is 4.90 Å². The van der Waals surface area contributed by atoms with E-state index >= 15 is 0 Å². The van der Waals surface area contributed by atoms with Crippen molar-refractivity contribution in [1.82, 2.24) is 4.90 Å². The molecule has 0 N–H and O–H groups in total. The smallest absolute Gasteiger partial charge is 0.118 e. The minimum Gasteiger partial charge on any atom is -0.497 e. The Hall–Kier alpha value is -1.36. The zero-order valence-electron chi connectivity index (χ0n) is 13.6. The van der Waals surface area contributed by atoms with E-state index in [0.717, 1.165) is 51.3 Å². The Morgan fingerprint density at radius 3 is 2.70 bits per heavy atom. The number of methoxy groups -OCH3 is 1. The SMILES string of the molecule is COc1ccc(CN2CCC3(CC2)OCCc2ccsc23)cc1. The number of rotatable bonds is 3. The van der Waals surface area contributed by atoms with E-state index in [2.05, 4.69) is 28.5 Å². The second kappa shape index (κ2) is 6.27. The molecule has 1 fully saturated rings. The Labute approximate surface area is 141 Å². The highest BCUT2D eigenvalue weighted by Gasteiger charge is 2.41. The predicted octanol–water partition coefficient (Wildman–Crippen LogP) is 3.82. The monoisotopic (exact) mass is 329 g/mol. The van der Waals surface area contributed by atoms with Crippen LogP contribution in [-0.2, 0) is 23.3 Å². The molecule has 3 nitrogen and oxygen atoms in total. The summed E-state index contributed by atoms with van der Waals surface area (Å²) in [6.45, 7) is 4.09. The standard InChI is InChI=1S/C19H23NO2S/c1-21-17-4-2-15(3-5-17)14-20-10-8-19(9-11-20)18-16(6-12-22-19)7-13-23-18/h2-5,7,13H,6,8-12,14H2,1H3. The quantitative estimate of drug-likeness (QED) is 0.854. The van der Waals surface area contributed by atoms with Crippen molar-refractivity contribution >= 4 is 11.3 Å². The summed E-state index contributed by atoms with van der Waals surface area (Å²) in [5.74, 6) is 0.923. The lowest BCUT2D eigenvalue weighted by atomic mass is 9.85. The van der Waals surface area contributed by atoms with Gasteiger partial charge in [-0.15, -0.1) is 11.3 Å². The minimum absolute atomic E-state index is 0.00183. The van der Waals surface area contributed by atoms with Crippen LogP contribution in [0.5, 0.6) is 5.75 Å². The van der Waals surface area contributed by atoms with E-state index in [1.807, 2.05) is 23.5 Å². The van der Waals surface area contributed by atoms with E-state index in [0.29, 0.717) is 0 Å². The van der Waals surface area contributed by atoms with Crippen LogP contribution < -0.4 is 4.74 Å². The van der Waals surface area contributed by atoms with Gasteiger partial charge >= 0.3 is 0 Å².